The van der Waals surface area contributed by atoms with Crippen molar-refractivity contribution < 1.29 is 10.2 Å². The maximum Gasteiger partial charge on any atom is 0.105 e. The lowest BCUT2D eigenvalue weighted by Gasteiger charge is -2.18. The third kappa shape index (κ3) is 2.63. The lowest BCUT2D eigenvalue weighted by Crippen LogP contribution is -2.29. The fraction of sp³-hybridized carbons (Fsp3) is 0.714. The summed E-state index contributed by atoms with van der Waals surface area (Å²) in [5.41, 5.74) is -0.991. The lowest BCUT2D eigenvalue weighted by molar-refractivity contribution is 0.0243. The van der Waals surface area contributed by atoms with Crippen molar-refractivity contribution in [3.63, 3.8) is 0 Å². The van der Waals surface area contributed by atoms with Crippen LogP contribution < -0.4 is 0 Å². The zero-order chi connectivity index (χ0) is 7.33. The van der Waals surface area contributed by atoms with Crippen LogP contribution in [0.2, 0.25) is 0 Å². The second-order valence-electron chi connectivity index (χ2n) is 2.12. The molecule has 54 valence electrons. The molecule has 0 aromatic carbocycles. The first kappa shape index (κ1) is 8.66. The summed E-state index contributed by atoms with van der Waals surface area (Å²) in [5.74, 6) is 0. The minimum Gasteiger partial charge on any atom is -0.393 e. The Labute approximate surface area is 55.8 Å². The van der Waals surface area contributed by atoms with E-state index in [9.17, 15) is 5.11 Å². The molecule has 0 saturated carbocycles. The van der Waals surface area contributed by atoms with Crippen LogP contribution in [-0.2, 0) is 0 Å². The van der Waals surface area contributed by atoms with E-state index in [1.54, 1.807) is 12.2 Å². The molecule has 0 rings (SSSR count). The van der Waals surface area contributed by atoms with E-state index < -0.39 is 5.60 Å². The predicted molar refractivity (Wildman–Crippen MR) is 37.1 cm³/mol. The molecule has 0 aliphatic rings. The van der Waals surface area contributed by atoms with Gasteiger partial charge in [0.05, 0.1) is 6.61 Å². The summed E-state index contributed by atoms with van der Waals surface area (Å²) >= 11 is 0. The largest absolute Gasteiger partial charge is 0.393 e. The van der Waals surface area contributed by atoms with Crippen LogP contribution in [0.4, 0.5) is 0 Å². The highest BCUT2D eigenvalue weighted by Gasteiger charge is 2.17. The van der Waals surface area contributed by atoms with Crippen LogP contribution in [0.3, 0.4) is 0 Å². The van der Waals surface area contributed by atoms with E-state index in [2.05, 4.69) is 0 Å². The molecule has 0 saturated heterocycles. The Morgan fingerprint density at radius 3 is 2.22 bits per heavy atom. The second-order valence-corrected chi connectivity index (χ2v) is 2.12. The van der Waals surface area contributed by atoms with Crippen LogP contribution in [0.5, 0.6) is 0 Å². The summed E-state index contributed by atoms with van der Waals surface area (Å²) in [6.45, 7) is 3.44. The maximum atomic E-state index is 9.29. The van der Waals surface area contributed by atoms with Crippen LogP contribution in [-0.4, -0.2) is 22.4 Å². The molecule has 9 heavy (non-hydrogen) atoms. The van der Waals surface area contributed by atoms with Crippen molar-refractivity contribution in [3.8, 4) is 0 Å². The van der Waals surface area contributed by atoms with Crippen molar-refractivity contribution in [2.24, 2.45) is 0 Å². The van der Waals surface area contributed by atoms with Gasteiger partial charge in [0.15, 0.2) is 0 Å². The van der Waals surface area contributed by atoms with Crippen molar-refractivity contribution in [3.05, 3.63) is 12.2 Å². The molecular weight excluding hydrogens is 116 g/mol. The molecule has 0 amide bonds. The van der Waals surface area contributed by atoms with Crippen LogP contribution in [0.1, 0.15) is 20.3 Å². The summed E-state index contributed by atoms with van der Waals surface area (Å²) < 4.78 is 0. The Bertz CT molecular complexity index is 93.1. The summed E-state index contributed by atoms with van der Waals surface area (Å²) in [6.07, 6.45) is 3.89. The average Bonchev–Trinajstić information content (AvgIpc) is 1.89. The van der Waals surface area contributed by atoms with E-state index in [1.165, 1.54) is 0 Å². The average molecular weight is 130 g/mol. The van der Waals surface area contributed by atoms with E-state index >= 15 is 0 Å². The van der Waals surface area contributed by atoms with Gasteiger partial charge in [-0.25, -0.2) is 0 Å². The van der Waals surface area contributed by atoms with Crippen LogP contribution in [0.25, 0.3) is 0 Å². The molecule has 0 aliphatic heterocycles. The Morgan fingerprint density at radius 1 is 1.56 bits per heavy atom. The molecule has 0 unspecified atom stereocenters. The molecule has 0 bridgehead atoms. The Morgan fingerprint density at radius 2 is 2.11 bits per heavy atom. The number of aliphatic hydroxyl groups excluding tert-OH is 1. The van der Waals surface area contributed by atoms with E-state index in [0.717, 1.165) is 0 Å². The standard InChI is InChI=1S/C7H14O2/c1-3-5-7(9,4-2)6-8/h3,5,8-9H,4,6H2,1-2H3/b5-3+/t7-/m1/s1. The summed E-state index contributed by atoms with van der Waals surface area (Å²) in [7, 11) is 0. The number of aliphatic hydroxyl groups is 2. The van der Waals surface area contributed by atoms with E-state index in [1.807, 2.05) is 13.8 Å². The number of hydrogen-bond donors (Lipinski definition) is 2. The third-order valence-corrected chi connectivity index (χ3v) is 1.36. The third-order valence-electron chi connectivity index (χ3n) is 1.36. The fourth-order valence-corrected chi connectivity index (χ4v) is 0.593. The normalized spacial score (nSPS) is 18.2. The van der Waals surface area contributed by atoms with E-state index in [0.29, 0.717) is 6.42 Å². The molecule has 2 nitrogen and oxygen atoms in total. The van der Waals surface area contributed by atoms with Gasteiger partial charge in [-0.05, 0) is 13.3 Å². The molecule has 0 spiro atoms. The first-order valence-electron chi connectivity index (χ1n) is 3.15. The second kappa shape index (κ2) is 3.64. The molecule has 0 fully saturated rings. The van der Waals surface area contributed by atoms with Crippen molar-refractivity contribution in [1.82, 2.24) is 0 Å². The van der Waals surface area contributed by atoms with E-state index in [4.69, 9.17) is 5.11 Å². The fourth-order valence-electron chi connectivity index (χ4n) is 0.593. The molecule has 0 aromatic heterocycles. The van der Waals surface area contributed by atoms with Gasteiger partial charge in [0, 0.05) is 0 Å². The molecule has 2 N–H and O–H groups in total. The molecule has 1 atom stereocenters. The molecular formula is C7H14O2. The smallest absolute Gasteiger partial charge is 0.105 e. The van der Waals surface area contributed by atoms with Crippen LogP contribution >= 0.6 is 0 Å². The number of hydrogen-bond acceptors (Lipinski definition) is 2. The van der Waals surface area contributed by atoms with Crippen molar-refractivity contribution in [1.29, 1.82) is 0 Å². The van der Waals surface area contributed by atoms with Gasteiger partial charge in [0.25, 0.3) is 0 Å². The van der Waals surface area contributed by atoms with Gasteiger partial charge in [0.1, 0.15) is 5.60 Å². The van der Waals surface area contributed by atoms with Crippen LogP contribution in [0, 0.1) is 0 Å². The van der Waals surface area contributed by atoms with E-state index in [-0.39, 0.29) is 6.61 Å². The molecule has 2 heteroatoms. The van der Waals surface area contributed by atoms with Gasteiger partial charge in [0.2, 0.25) is 0 Å². The van der Waals surface area contributed by atoms with Gasteiger partial charge in [-0.1, -0.05) is 19.1 Å². The SMILES string of the molecule is C/C=C/[C@](O)(CC)CO. The van der Waals surface area contributed by atoms with Crippen molar-refractivity contribution >= 4 is 0 Å². The maximum absolute atomic E-state index is 9.29. The predicted octanol–water partition coefficient (Wildman–Crippen LogP) is 0.696. The minimum absolute atomic E-state index is 0.201. The zero-order valence-electron chi connectivity index (χ0n) is 5.96. The van der Waals surface area contributed by atoms with Gasteiger partial charge in [-0.3, -0.25) is 0 Å². The van der Waals surface area contributed by atoms with Crippen LogP contribution in [0.15, 0.2) is 12.2 Å². The number of rotatable bonds is 3. The molecule has 0 aromatic rings. The Balaban J connectivity index is 3.92. The molecule has 0 heterocycles. The van der Waals surface area contributed by atoms with Crippen molar-refractivity contribution in [2.45, 2.75) is 25.9 Å². The van der Waals surface area contributed by atoms with Gasteiger partial charge in [-0.15, -0.1) is 0 Å². The highest BCUT2D eigenvalue weighted by molar-refractivity contribution is 4.98. The molecule has 0 radical (unpaired) electrons. The lowest BCUT2D eigenvalue weighted by atomic mass is 10.0. The quantitative estimate of drug-likeness (QED) is 0.552. The summed E-state index contributed by atoms with van der Waals surface area (Å²) in [6, 6.07) is 0. The first-order valence-corrected chi connectivity index (χ1v) is 3.15. The monoisotopic (exact) mass is 130 g/mol. The highest BCUT2D eigenvalue weighted by atomic mass is 16.3. The van der Waals surface area contributed by atoms with Gasteiger partial charge < -0.3 is 10.2 Å². The summed E-state index contributed by atoms with van der Waals surface area (Å²) in [5, 5.41) is 17.9. The highest BCUT2D eigenvalue weighted by Crippen LogP contribution is 2.09. The zero-order valence-corrected chi connectivity index (χ0v) is 5.96. The molecule has 0 aliphatic carbocycles. The van der Waals surface area contributed by atoms with Gasteiger partial charge in [-0.2, -0.15) is 0 Å². The van der Waals surface area contributed by atoms with Gasteiger partial charge >= 0.3 is 0 Å². The minimum atomic E-state index is -0.991. The van der Waals surface area contributed by atoms with Crippen molar-refractivity contribution in [2.75, 3.05) is 6.61 Å². The number of allylic oxidation sites excluding steroid dienone is 1. The topological polar surface area (TPSA) is 40.5 Å². The summed E-state index contributed by atoms with van der Waals surface area (Å²) in [4.78, 5) is 0. The first-order chi connectivity index (χ1) is 4.18. The Hall–Kier alpha value is -0.340. The Kier molecular flexibility index (Phi) is 3.50.